The number of hydrogen-bond donors (Lipinski definition) is 2. The molecule has 1 aliphatic heterocycles. The summed E-state index contributed by atoms with van der Waals surface area (Å²) >= 11 is 0. The molecule has 2 N–H and O–H groups in total. The van der Waals surface area contributed by atoms with E-state index in [4.69, 9.17) is 4.74 Å². The molecule has 6 nitrogen and oxygen atoms in total. The van der Waals surface area contributed by atoms with Gasteiger partial charge in [0.2, 0.25) is 0 Å². The van der Waals surface area contributed by atoms with Crippen LogP contribution in [0.5, 0.6) is 5.75 Å². The molecule has 7 heteroatoms. The Hall–Kier alpha value is -1.99. The van der Waals surface area contributed by atoms with E-state index in [9.17, 15) is 9.50 Å². The molecule has 0 aliphatic carbocycles. The highest BCUT2D eigenvalue weighted by Crippen LogP contribution is 2.31. The van der Waals surface area contributed by atoms with Crippen LogP contribution in [0.3, 0.4) is 0 Å². The standard InChI is InChI=1S/C14H17FN4O2/c1-21-11-4-2-3-10(13(11)15)8-19-6-5-14(20,9-19)12-7-16-18-17-12/h2-4,7,20H,5-6,8-9H2,1H3,(H,16,17,18). The lowest BCUT2D eigenvalue weighted by molar-refractivity contribution is 0.0407. The Balaban J connectivity index is 1.73. The number of aromatic nitrogens is 3. The number of nitrogens with one attached hydrogen (secondary N) is 1. The number of hydrogen-bond acceptors (Lipinski definition) is 5. The molecule has 1 aromatic heterocycles. The van der Waals surface area contributed by atoms with Gasteiger partial charge in [-0.05, 0) is 12.5 Å². The maximum atomic E-state index is 14.2. The Kier molecular flexibility index (Phi) is 3.60. The van der Waals surface area contributed by atoms with Gasteiger partial charge in [0.25, 0.3) is 0 Å². The van der Waals surface area contributed by atoms with Crippen molar-refractivity contribution in [3.05, 3.63) is 41.5 Å². The molecule has 1 saturated heterocycles. The summed E-state index contributed by atoms with van der Waals surface area (Å²) in [5, 5.41) is 20.8. The minimum absolute atomic E-state index is 0.235. The van der Waals surface area contributed by atoms with Crippen LogP contribution in [0.4, 0.5) is 4.39 Å². The van der Waals surface area contributed by atoms with Crippen molar-refractivity contribution in [3.8, 4) is 5.75 Å². The summed E-state index contributed by atoms with van der Waals surface area (Å²) < 4.78 is 19.1. The largest absolute Gasteiger partial charge is 0.494 e. The summed E-state index contributed by atoms with van der Waals surface area (Å²) in [5.74, 6) is -0.115. The van der Waals surface area contributed by atoms with E-state index in [0.29, 0.717) is 37.3 Å². The number of benzene rings is 1. The number of rotatable bonds is 4. The van der Waals surface area contributed by atoms with Crippen molar-refractivity contribution in [2.45, 2.75) is 18.6 Å². The molecule has 2 aromatic rings. The van der Waals surface area contributed by atoms with E-state index < -0.39 is 5.60 Å². The number of H-pyrrole nitrogens is 1. The zero-order valence-electron chi connectivity index (χ0n) is 11.7. The molecule has 0 amide bonds. The third-order valence-corrected chi connectivity index (χ3v) is 3.88. The van der Waals surface area contributed by atoms with E-state index in [-0.39, 0.29) is 11.6 Å². The molecular formula is C14H17FN4O2. The second kappa shape index (κ2) is 5.42. The van der Waals surface area contributed by atoms with Crippen molar-refractivity contribution in [1.82, 2.24) is 20.3 Å². The van der Waals surface area contributed by atoms with Crippen LogP contribution >= 0.6 is 0 Å². The lowest BCUT2D eigenvalue weighted by atomic mass is 10.00. The van der Waals surface area contributed by atoms with E-state index in [1.54, 1.807) is 18.2 Å². The molecule has 1 unspecified atom stereocenters. The summed E-state index contributed by atoms with van der Waals surface area (Å²) in [6.07, 6.45) is 2.07. The number of nitrogens with zero attached hydrogens (tertiary/aromatic N) is 3. The smallest absolute Gasteiger partial charge is 0.169 e. The predicted molar refractivity (Wildman–Crippen MR) is 73.1 cm³/mol. The molecule has 3 rings (SSSR count). The molecule has 1 aliphatic rings. The Labute approximate surface area is 121 Å². The highest BCUT2D eigenvalue weighted by Gasteiger charge is 2.39. The first-order chi connectivity index (χ1) is 10.1. The Bertz CT molecular complexity index is 619. The van der Waals surface area contributed by atoms with Crippen LogP contribution in [0.2, 0.25) is 0 Å². The van der Waals surface area contributed by atoms with Gasteiger partial charge >= 0.3 is 0 Å². The number of halogens is 1. The fourth-order valence-electron chi connectivity index (χ4n) is 2.72. The van der Waals surface area contributed by atoms with Crippen LogP contribution in [0.25, 0.3) is 0 Å². The molecule has 1 aromatic carbocycles. The number of β-amino-alcohol motifs (C(OH)–C–C–N with tert-alkyl or cyclic N) is 1. The van der Waals surface area contributed by atoms with Gasteiger partial charge in [0.15, 0.2) is 11.6 Å². The topological polar surface area (TPSA) is 74.3 Å². The van der Waals surface area contributed by atoms with Crippen molar-refractivity contribution < 1.29 is 14.2 Å². The summed E-state index contributed by atoms with van der Waals surface area (Å²) in [4.78, 5) is 1.99. The van der Waals surface area contributed by atoms with Gasteiger partial charge in [0.05, 0.1) is 13.3 Å². The normalized spacial score (nSPS) is 22.6. The van der Waals surface area contributed by atoms with Crippen molar-refractivity contribution in [2.75, 3.05) is 20.2 Å². The van der Waals surface area contributed by atoms with Gasteiger partial charge in [-0.25, -0.2) is 4.39 Å². The Morgan fingerprint density at radius 1 is 1.52 bits per heavy atom. The molecule has 0 spiro atoms. The summed E-state index contributed by atoms with van der Waals surface area (Å²) in [6.45, 7) is 1.49. The second-order valence-electron chi connectivity index (χ2n) is 5.28. The molecule has 0 saturated carbocycles. The summed E-state index contributed by atoms with van der Waals surface area (Å²) in [5.41, 5.74) is 0.0531. The highest BCUT2D eigenvalue weighted by molar-refractivity contribution is 5.31. The lowest BCUT2D eigenvalue weighted by Gasteiger charge is -2.21. The number of methoxy groups -OCH3 is 1. The fraction of sp³-hybridized carbons (Fsp3) is 0.429. The molecule has 0 radical (unpaired) electrons. The molecule has 0 bridgehead atoms. The number of aromatic amines is 1. The first kappa shape index (κ1) is 14.0. The SMILES string of the molecule is COc1cccc(CN2CCC(O)(c3cn[nH]n3)C2)c1F. The summed E-state index contributed by atoms with van der Waals surface area (Å²) in [6, 6.07) is 5.08. The van der Waals surface area contributed by atoms with Gasteiger partial charge in [-0.2, -0.15) is 15.4 Å². The monoisotopic (exact) mass is 292 g/mol. The quantitative estimate of drug-likeness (QED) is 0.881. The van der Waals surface area contributed by atoms with Crippen LogP contribution in [-0.2, 0) is 12.1 Å². The van der Waals surface area contributed by atoms with E-state index in [0.717, 1.165) is 0 Å². The van der Waals surface area contributed by atoms with Gasteiger partial charge < -0.3 is 9.84 Å². The average molecular weight is 292 g/mol. The Morgan fingerprint density at radius 3 is 3.10 bits per heavy atom. The van der Waals surface area contributed by atoms with Crippen molar-refractivity contribution in [2.24, 2.45) is 0 Å². The average Bonchev–Trinajstić information content (AvgIpc) is 3.12. The van der Waals surface area contributed by atoms with Crippen LogP contribution in [0.1, 0.15) is 17.7 Å². The molecule has 1 atom stereocenters. The first-order valence-corrected chi connectivity index (χ1v) is 6.75. The predicted octanol–water partition coefficient (Wildman–Crippen LogP) is 1.05. The molecule has 2 heterocycles. The minimum atomic E-state index is -1.03. The maximum absolute atomic E-state index is 14.2. The van der Waals surface area contributed by atoms with Crippen molar-refractivity contribution in [1.29, 1.82) is 0 Å². The van der Waals surface area contributed by atoms with E-state index in [1.165, 1.54) is 13.3 Å². The van der Waals surface area contributed by atoms with Crippen molar-refractivity contribution >= 4 is 0 Å². The zero-order chi connectivity index (χ0) is 14.9. The summed E-state index contributed by atoms with van der Waals surface area (Å²) in [7, 11) is 1.45. The highest BCUT2D eigenvalue weighted by atomic mass is 19.1. The van der Waals surface area contributed by atoms with Gasteiger partial charge in [-0.1, -0.05) is 12.1 Å². The second-order valence-corrected chi connectivity index (χ2v) is 5.28. The first-order valence-electron chi connectivity index (χ1n) is 6.75. The van der Waals surface area contributed by atoms with Crippen LogP contribution in [-0.4, -0.2) is 45.6 Å². The third kappa shape index (κ3) is 2.62. The Morgan fingerprint density at radius 2 is 2.38 bits per heavy atom. The van der Waals surface area contributed by atoms with E-state index in [1.807, 2.05) is 4.90 Å². The van der Waals surface area contributed by atoms with Crippen molar-refractivity contribution in [3.63, 3.8) is 0 Å². The van der Waals surface area contributed by atoms with Gasteiger partial charge in [-0.15, -0.1) is 0 Å². The van der Waals surface area contributed by atoms with E-state index in [2.05, 4.69) is 15.4 Å². The maximum Gasteiger partial charge on any atom is 0.169 e. The zero-order valence-corrected chi connectivity index (χ0v) is 11.7. The van der Waals surface area contributed by atoms with Crippen LogP contribution in [0.15, 0.2) is 24.4 Å². The third-order valence-electron chi connectivity index (χ3n) is 3.88. The lowest BCUT2D eigenvalue weighted by Crippen LogP contribution is -2.31. The molecule has 1 fully saturated rings. The van der Waals surface area contributed by atoms with E-state index >= 15 is 0 Å². The fourth-order valence-corrected chi connectivity index (χ4v) is 2.72. The molecule has 21 heavy (non-hydrogen) atoms. The number of aliphatic hydroxyl groups is 1. The number of likely N-dealkylation sites (tertiary alicyclic amines) is 1. The minimum Gasteiger partial charge on any atom is -0.494 e. The van der Waals surface area contributed by atoms with Gasteiger partial charge in [0, 0.05) is 25.2 Å². The van der Waals surface area contributed by atoms with Gasteiger partial charge in [-0.3, -0.25) is 4.90 Å². The number of ether oxygens (including phenoxy) is 1. The van der Waals surface area contributed by atoms with Crippen LogP contribution < -0.4 is 4.74 Å². The van der Waals surface area contributed by atoms with Gasteiger partial charge in [0.1, 0.15) is 11.3 Å². The molecule has 112 valence electrons. The molecular weight excluding hydrogens is 275 g/mol. The van der Waals surface area contributed by atoms with Crippen LogP contribution in [0, 0.1) is 5.82 Å².